The number of carbonyl (C=O) groups excluding carboxylic acids is 1. The fourth-order valence-electron chi connectivity index (χ4n) is 2.27. The lowest BCUT2D eigenvalue weighted by atomic mass is 10.2. The van der Waals surface area contributed by atoms with Gasteiger partial charge in [0.15, 0.2) is 0 Å². The summed E-state index contributed by atoms with van der Waals surface area (Å²) in [5, 5.41) is 15.0. The van der Waals surface area contributed by atoms with E-state index in [0.717, 1.165) is 0 Å². The van der Waals surface area contributed by atoms with Crippen LogP contribution in [-0.4, -0.2) is 23.0 Å². The second-order valence-corrected chi connectivity index (χ2v) is 5.81. The van der Waals surface area contributed by atoms with Crippen molar-refractivity contribution in [2.24, 2.45) is 0 Å². The fourth-order valence-corrected chi connectivity index (χ4v) is 2.52. The highest BCUT2D eigenvalue weighted by molar-refractivity contribution is 6.32. The van der Waals surface area contributed by atoms with Crippen molar-refractivity contribution in [3.63, 3.8) is 0 Å². The van der Waals surface area contributed by atoms with E-state index in [-0.39, 0.29) is 5.69 Å². The van der Waals surface area contributed by atoms with Crippen molar-refractivity contribution in [2.45, 2.75) is 0 Å². The number of hydrogen-bond donors (Lipinski definition) is 2. The van der Waals surface area contributed by atoms with E-state index in [2.05, 4.69) is 20.6 Å². The van der Waals surface area contributed by atoms with Gasteiger partial charge in [-0.25, -0.2) is 9.97 Å². The molecule has 8 heteroatoms. The van der Waals surface area contributed by atoms with Gasteiger partial charge in [-0.1, -0.05) is 11.6 Å². The number of amides is 1. The maximum Gasteiger partial charge on any atom is 0.274 e. The second-order valence-electron chi connectivity index (χ2n) is 5.41. The van der Waals surface area contributed by atoms with Gasteiger partial charge in [0.2, 0.25) is 0 Å². The number of carbonyl (C=O) groups is 1. The maximum absolute atomic E-state index is 12.4. The molecule has 0 aliphatic carbocycles. The first-order chi connectivity index (χ1) is 13.1. The molecule has 0 unspecified atom stereocenters. The van der Waals surface area contributed by atoms with Crippen LogP contribution in [0.1, 0.15) is 16.1 Å². The summed E-state index contributed by atoms with van der Waals surface area (Å²) in [4.78, 5) is 20.5. The van der Waals surface area contributed by atoms with Crippen molar-refractivity contribution < 1.29 is 9.53 Å². The number of halogens is 1. The van der Waals surface area contributed by atoms with E-state index >= 15 is 0 Å². The minimum atomic E-state index is -0.391. The SMILES string of the molecule is COc1ccc(Nc2cc(C(=O)Nc3ccc(C#N)cc3)ncn2)cc1Cl. The average molecular weight is 380 g/mol. The molecule has 0 spiro atoms. The topological polar surface area (TPSA) is 99.9 Å². The molecule has 7 nitrogen and oxygen atoms in total. The summed E-state index contributed by atoms with van der Waals surface area (Å²) in [7, 11) is 1.54. The predicted molar refractivity (Wildman–Crippen MR) is 102 cm³/mol. The zero-order valence-electron chi connectivity index (χ0n) is 14.2. The molecular formula is C19H14ClN5O2. The number of hydrogen-bond acceptors (Lipinski definition) is 6. The molecule has 0 saturated heterocycles. The van der Waals surface area contributed by atoms with Crippen LogP contribution >= 0.6 is 11.6 Å². The third-order valence-electron chi connectivity index (χ3n) is 3.60. The smallest absolute Gasteiger partial charge is 0.274 e. The van der Waals surface area contributed by atoms with Crippen LogP contribution in [0, 0.1) is 11.3 Å². The van der Waals surface area contributed by atoms with Gasteiger partial charge < -0.3 is 15.4 Å². The molecule has 0 fully saturated rings. The van der Waals surface area contributed by atoms with Crippen molar-refractivity contribution in [1.82, 2.24) is 9.97 Å². The number of benzene rings is 2. The van der Waals surface area contributed by atoms with E-state index < -0.39 is 5.91 Å². The highest BCUT2D eigenvalue weighted by Crippen LogP contribution is 2.28. The molecule has 1 amide bonds. The normalized spacial score (nSPS) is 9.96. The van der Waals surface area contributed by atoms with E-state index in [0.29, 0.717) is 33.5 Å². The summed E-state index contributed by atoms with van der Waals surface area (Å²) in [6, 6.07) is 15.3. The van der Waals surface area contributed by atoms with E-state index in [1.807, 2.05) is 6.07 Å². The number of methoxy groups -OCH3 is 1. The highest BCUT2D eigenvalue weighted by atomic mass is 35.5. The molecule has 3 aromatic rings. The van der Waals surface area contributed by atoms with Crippen LogP contribution in [-0.2, 0) is 0 Å². The molecule has 0 bridgehead atoms. The van der Waals surface area contributed by atoms with E-state index in [1.165, 1.54) is 19.5 Å². The zero-order valence-corrected chi connectivity index (χ0v) is 15.0. The average Bonchev–Trinajstić information content (AvgIpc) is 2.69. The standard InChI is InChI=1S/C19H14ClN5O2/c1-27-17-7-6-14(8-15(17)20)24-18-9-16(22-11-23-18)19(26)25-13-4-2-12(10-21)3-5-13/h2-9,11H,1H3,(H,25,26)(H,22,23,24). The van der Waals surface area contributed by atoms with Gasteiger partial charge in [-0.05, 0) is 42.5 Å². The third-order valence-corrected chi connectivity index (χ3v) is 3.89. The molecule has 0 saturated carbocycles. The molecule has 0 radical (unpaired) electrons. The molecule has 134 valence electrons. The molecule has 3 rings (SSSR count). The van der Waals surface area contributed by atoms with Gasteiger partial charge in [0.05, 0.1) is 23.8 Å². The Morgan fingerprint density at radius 1 is 1.11 bits per heavy atom. The summed E-state index contributed by atoms with van der Waals surface area (Å²) < 4.78 is 5.12. The van der Waals surface area contributed by atoms with Crippen LogP contribution in [0.4, 0.5) is 17.2 Å². The van der Waals surface area contributed by atoms with Gasteiger partial charge in [-0.15, -0.1) is 0 Å². The lowest BCUT2D eigenvalue weighted by molar-refractivity contribution is 0.102. The Morgan fingerprint density at radius 3 is 2.52 bits per heavy atom. The van der Waals surface area contributed by atoms with Gasteiger partial charge in [0, 0.05) is 17.4 Å². The maximum atomic E-state index is 12.4. The van der Waals surface area contributed by atoms with Crippen molar-refractivity contribution in [3.8, 4) is 11.8 Å². The van der Waals surface area contributed by atoms with E-state index in [1.54, 1.807) is 42.5 Å². The van der Waals surface area contributed by atoms with Crippen LogP contribution in [0.15, 0.2) is 54.9 Å². The Morgan fingerprint density at radius 2 is 1.85 bits per heavy atom. The van der Waals surface area contributed by atoms with Crippen LogP contribution in [0.3, 0.4) is 0 Å². The molecule has 2 N–H and O–H groups in total. The number of nitrogens with zero attached hydrogens (tertiary/aromatic N) is 3. The van der Waals surface area contributed by atoms with Crippen LogP contribution < -0.4 is 15.4 Å². The first-order valence-electron chi connectivity index (χ1n) is 7.83. The van der Waals surface area contributed by atoms with E-state index in [4.69, 9.17) is 21.6 Å². The van der Waals surface area contributed by atoms with Gasteiger partial charge in [0.25, 0.3) is 5.91 Å². The Hall–Kier alpha value is -3.63. The van der Waals surface area contributed by atoms with Gasteiger partial charge in [-0.3, -0.25) is 4.79 Å². The Labute approximate surface area is 160 Å². The highest BCUT2D eigenvalue weighted by Gasteiger charge is 2.10. The minimum Gasteiger partial charge on any atom is -0.495 e. The van der Waals surface area contributed by atoms with Crippen molar-refractivity contribution in [3.05, 3.63) is 71.1 Å². The quantitative estimate of drug-likeness (QED) is 0.694. The fraction of sp³-hybridized carbons (Fsp3) is 0.0526. The van der Waals surface area contributed by atoms with Crippen molar-refractivity contribution in [2.75, 3.05) is 17.7 Å². The molecule has 2 aromatic carbocycles. The lowest BCUT2D eigenvalue weighted by Crippen LogP contribution is -2.14. The third kappa shape index (κ3) is 4.51. The van der Waals surface area contributed by atoms with Crippen LogP contribution in [0.5, 0.6) is 5.75 Å². The van der Waals surface area contributed by atoms with Crippen LogP contribution in [0.25, 0.3) is 0 Å². The summed E-state index contributed by atoms with van der Waals surface area (Å²) in [5.74, 6) is 0.613. The zero-order chi connectivity index (χ0) is 19.2. The Bertz CT molecular complexity index is 1020. The van der Waals surface area contributed by atoms with Gasteiger partial charge in [-0.2, -0.15) is 5.26 Å². The summed E-state index contributed by atoms with van der Waals surface area (Å²) in [6.45, 7) is 0. The number of ether oxygens (including phenoxy) is 1. The number of nitriles is 1. The first kappa shape index (κ1) is 18.2. The monoisotopic (exact) mass is 379 g/mol. The van der Waals surface area contributed by atoms with Gasteiger partial charge in [0.1, 0.15) is 23.6 Å². The molecular weight excluding hydrogens is 366 g/mol. The lowest BCUT2D eigenvalue weighted by Gasteiger charge is -2.09. The molecule has 0 aliphatic heterocycles. The number of nitrogens with one attached hydrogen (secondary N) is 2. The second kappa shape index (κ2) is 8.17. The summed E-state index contributed by atoms with van der Waals surface area (Å²) in [5.41, 5.74) is 1.96. The van der Waals surface area contributed by atoms with Crippen molar-refractivity contribution >= 4 is 34.7 Å². The summed E-state index contributed by atoms with van der Waals surface area (Å²) >= 11 is 6.11. The van der Waals surface area contributed by atoms with Crippen molar-refractivity contribution in [1.29, 1.82) is 5.26 Å². The minimum absolute atomic E-state index is 0.191. The predicted octanol–water partition coefficient (Wildman–Crippen LogP) is 4.01. The number of anilines is 3. The van der Waals surface area contributed by atoms with E-state index in [9.17, 15) is 4.79 Å². The molecule has 1 heterocycles. The molecule has 1 aromatic heterocycles. The summed E-state index contributed by atoms with van der Waals surface area (Å²) in [6.07, 6.45) is 1.29. The van der Waals surface area contributed by atoms with Gasteiger partial charge >= 0.3 is 0 Å². The number of aromatic nitrogens is 2. The van der Waals surface area contributed by atoms with Crippen LogP contribution in [0.2, 0.25) is 5.02 Å². The molecule has 27 heavy (non-hydrogen) atoms. The molecule has 0 atom stereocenters. The Kier molecular flexibility index (Phi) is 5.50. The largest absolute Gasteiger partial charge is 0.495 e. The Balaban J connectivity index is 1.73. The first-order valence-corrected chi connectivity index (χ1v) is 8.21. The number of rotatable bonds is 5. The molecule has 0 aliphatic rings.